The molecule has 0 saturated heterocycles. The predicted octanol–water partition coefficient (Wildman–Crippen LogP) is 3.26. The van der Waals surface area contributed by atoms with E-state index < -0.39 is 22.5 Å². The van der Waals surface area contributed by atoms with Crippen molar-refractivity contribution < 1.29 is 22.7 Å². The van der Waals surface area contributed by atoms with Crippen molar-refractivity contribution in [1.29, 1.82) is 0 Å². The molecule has 0 fully saturated rings. The molecule has 0 aliphatic carbocycles. The number of anilines is 1. The highest BCUT2D eigenvalue weighted by Gasteiger charge is 2.28. The van der Waals surface area contributed by atoms with Gasteiger partial charge < -0.3 is 14.8 Å². The number of nitrogens with one attached hydrogen (secondary N) is 1. The minimum atomic E-state index is -4.12. The van der Waals surface area contributed by atoms with Crippen molar-refractivity contribution in [3.05, 3.63) is 77.6 Å². The van der Waals surface area contributed by atoms with Gasteiger partial charge in [-0.1, -0.05) is 11.6 Å². The number of amides is 1. The predicted molar refractivity (Wildman–Crippen MR) is 122 cm³/mol. The molecule has 0 saturated carbocycles. The maximum atomic E-state index is 13.5. The minimum absolute atomic E-state index is 0.0490. The third kappa shape index (κ3) is 5.49. The maximum Gasteiger partial charge on any atom is 0.264 e. The second-order valence-corrected chi connectivity index (χ2v) is 8.94. The lowest BCUT2D eigenvalue weighted by Gasteiger charge is -2.24. The number of nitrogens with zero attached hydrogens (tertiary/aromatic N) is 2. The zero-order valence-corrected chi connectivity index (χ0v) is 19.1. The summed E-state index contributed by atoms with van der Waals surface area (Å²) in [6.45, 7) is -0.185. The molecule has 0 aliphatic heterocycles. The van der Waals surface area contributed by atoms with Gasteiger partial charge in [-0.3, -0.25) is 14.1 Å². The van der Waals surface area contributed by atoms with Crippen molar-refractivity contribution in [2.24, 2.45) is 0 Å². The van der Waals surface area contributed by atoms with E-state index in [-0.39, 0.29) is 17.2 Å². The van der Waals surface area contributed by atoms with E-state index in [0.29, 0.717) is 16.5 Å². The van der Waals surface area contributed by atoms with Crippen LogP contribution in [0, 0.1) is 0 Å². The van der Waals surface area contributed by atoms with Gasteiger partial charge in [0.05, 0.1) is 24.8 Å². The highest BCUT2D eigenvalue weighted by Crippen LogP contribution is 2.32. The molecule has 2 aromatic carbocycles. The van der Waals surface area contributed by atoms with Crippen LogP contribution in [0.5, 0.6) is 11.5 Å². The van der Waals surface area contributed by atoms with Gasteiger partial charge in [-0.25, -0.2) is 8.42 Å². The Bertz CT molecular complexity index is 1170. The van der Waals surface area contributed by atoms with Crippen LogP contribution in [-0.2, 0) is 21.4 Å². The number of halogens is 1. The fourth-order valence-electron chi connectivity index (χ4n) is 2.91. The number of sulfonamides is 1. The van der Waals surface area contributed by atoms with Crippen LogP contribution >= 0.6 is 11.6 Å². The third-order valence-corrected chi connectivity index (χ3v) is 6.61. The van der Waals surface area contributed by atoms with Crippen LogP contribution < -0.4 is 19.1 Å². The normalized spacial score (nSPS) is 11.0. The highest BCUT2D eigenvalue weighted by atomic mass is 35.5. The van der Waals surface area contributed by atoms with E-state index in [4.69, 9.17) is 21.1 Å². The average molecular weight is 476 g/mol. The number of rotatable bonds is 9. The molecule has 10 heteroatoms. The molecule has 0 unspecified atom stereocenters. The van der Waals surface area contributed by atoms with Crippen LogP contribution in [0.4, 0.5) is 5.69 Å². The number of hydrogen-bond donors (Lipinski definition) is 1. The second kappa shape index (κ2) is 10.3. The number of ether oxygens (including phenoxy) is 2. The first kappa shape index (κ1) is 23.4. The van der Waals surface area contributed by atoms with Gasteiger partial charge in [-0.15, -0.1) is 0 Å². The van der Waals surface area contributed by atoms with Crippen LogP contribution in [0.2, 0.25) is 5.02 Å². The molecule has 1 heterocycles. The molecule has 32 heavy (non-hydrogen) atoms. The molecule has 168 valence electrons. The Labute approximate surface area is 191 Å². The molecular weight excluding hydrogens is 454 g/mol. The largest absolute Gasteiger partial charge is 0.493 e. The maximum absolute atomic E-state index is 13.5. The Kier molecular flexibility index (Phi) is 7.55. The number of aromatic nitrogens is 1. The molecule has 0 bridgehead atoms. The molecule has 0 spiro atoms. The lowest BCUT2D eigenvalue weighted by Crippen LogP contribution is -2.40. The van der Waals surface area contributed by atoms with E-state index in [0.717, 1.165) is 9.87 Å². The van der Waals surface area contributed by atoms with Crippen LogP contribution in [0.1, 0.15) is 5.56 Å². The summed E-state index contributed by atoms with van der Waals surface area (Å²) in [5.41, 5.74) is 1.14. The molecule has 1 N–H and O–H groups in total. The molecule has 1 amide bonds. The fraction of sp³-hybridized carbons (Fsp3) is 0.182. The smallest absolute Gasteiger partial charge is 0.264 e. The van der Waals surface area contributed by atoms with Gasteiger partial charge >= 0.3 is 0 Å². The molecule has 3 rings (SSSR count). The highest BCUT2D eigenvalue weighted by molar-refractivity contribution is 7.92. The zero-order valence-electron chi connectivity index (χ0n) is 17.5. The van der Waals surface area contributed by atoms with Gasteiger partial charge in [0.15, 0.2) is 11.5 Å². The van der Waals surface area contributed by atoms with E-state index in [1.54, 1.807) is 36.7 Å². The summed E-state index contributed by atoms with van der Waals surface area (Å²) in [5.74, 6) is 0.173. The number of benzene rings is 2. The number of carbonyl (C=O) groups is 1. The number of pyridine rings is 1. The lowest BCUT2D eigenvalue weighted by atomic mass is 10.3. The average Bonchev–Trinajstić information content (AvgIpc) is 2.82. The van der Waals surface area contributed by atoms with Crippen molar-refractivity contribution in [2.45, 2.75) is 11.4 Å². The van der Waals surface area contributed by atoms with Crippen molar-refractivity contribution in [3.63, 3.8) is 0 Å². The number of carbonyl (C=O) groups excluding carboxylic acids is 1. The summed E-state index contributed by atoms with van der Waals surface area (Å²) in [4.78, 5) is 16.5. The van der Waals surface area contributed by atoms with Crippen molar-refractivity contribution >= 4 is 33.2 Å². The first-order valence-electron chi connectivity index (χ1n) is 9.51. The van der Waals surface area contributed by atoms with Crippen LogP contribution in [0.25, 0.3) is 0 Å². The van der Waals surface area contributed by atoms with E-state index >= 15 is 0 Å². The molecule has 1 aromatic heterocycles. The van der Waals surface area contributed by atoms with Gasteiger partial charge in [0.25, 0.3) is 10.0 Å². The second-order valence-electron chi connectivity index (χ2n) is 6.64. The van der Waals surface area contributed by atoms with E-state index in [2.05, 4.69) is 10.3 Å². The minimum Gasteiger partial charge on any atom is -0.493 e. The van der Waals surface area contributed by atoms with Gasteiger partial charge in [0, 0.05) is 30.0 Å². The van der Waals surface area contributed by atoms with E-state index in [9.17, 15) is 13.2 Å². The lowest BCUT2D eigenvalue weighted by molar-refractivity contribution is -0.119. The molecule has 0 radical (unpaired) electrons. The van der Waals surface area contributed by atoms with Gasteiger partial charge in [0.1, 0.15) is 6.54 Å². The Morgan fingerprint density at radius 3 is 2.28 bits per heavy atom. The topological polar surface area (TPSA) is 97.8 Å². The molecular formula is C22H22ClN3O5S. The van der Waals surface area contributed by atoms with Gasteiger partial charge in [-0.05, 0) is 54.1 Å². The monoisotopic (exact) mass is 475 g/mol. The first-order chi connectivity index (χ1) is 15.3. The Morgan fingerprint density at radius 1 is 1.00 bits per heavy atom. The summed E-state index contributed by atoms with van der Waals surface area (Å²) in [7, 11) is -1.25. The number of hydrogen-bond acceptors (Lipinski definition) is 6. The van der Waals surface area contributed by atoms with Crippen LogP contribution in [0.3, 0.4) is 0 Å². The van der Waals surface area contributed by atoms with Crippen molar-refractivity contribution in [3.8, 4) is 11.5 Å². The Hall–Kier alpha value is -3.30. The quantitative estimate of drug-likeness (QED) is 0.510. The van der Waals surface area contributed by atoms with Gasteiger partial charge in [-0.2, -0.15) is 0 Å². The molecule has 0 atom stereocenters. The Balaban J connectivity index is 1.91. The molecule has 8 nitrogen and oxygen atoms in total. The SMILES string of the molecule is COc1ccc(S(=O)(=O)N(CC(=O)NCc2ccncc2)c2ccc(Cl)cc2)cc1OC. The third-order valence-electron chi connectivity index (χ3n) is 4.58. The summed E-state index contributed by atoms with van der Waals surface area (Å²) >= 11 is 5.96. The Morgan fingerprint density at radius 2 is 1.66 bits per heavy atom. The zero-order chi connectivity index (χ0) is 23.1. The van der Waals surface area contributed by atoms with E-state index in [1.165, 1.54) is 44.6 Å². The fourth-order valence-corrected chi connectivity index (χ4v) is 4.48. The summed E-state index contributed by atoms with van der Waals surface area (Å²) in [6, 6.07) is 14.0. The van der Waals surface area contributed by atoms with Crippen molar-refractivity contribution in [2.75, 3.05) is 25.1 Å². The summed E-state index contributed by atoms with van der Waals surface area (Å²) in [6.07, 6.45) is 3.23. The van der Waals surface area contributed by atoms with E-state index in [1.807, 2.05) is 0 Å². The number of methoxy groups -OCH3 is 2. The molecule has 0 aliphatic rings. The first-order valence-corrected chi connectivity index (χ1v) is 11.3. The standard InChI is InChI=1S/C22H22ClN3O5S/c1-30-20-8-7-19(13-21(20)31-2)32(28,29)26(18-5-3-17(23)4-6-18)15-22(27)25-14-16-9-11-24-12-10-16/h3-13H,14-15H2,1-2H3,(H,25,27). The summed E-state index contributed by atoms with van der Waals surface area (Å²) < 4.78 is 38.4. The summed E-state index contributed by atoms with van der Waals surface area (Å²) in [5, 5.41) is 3.18. The molecule has 3 aromatic rings. The van der Waals surface area contributed by atoms with Crippen LogP contribution in [-0.4, -0.2) is 40.1 Å². The van der Waals surface area contributed by atoms with Gasteiger partial charge in [0.2, 0.25) is 5.91 Å². The van der Waals surface area contributed by atoms with Crippen LogP contribution in [0.15, 0.2) is 71.9 Å². The van der Waals surface area contributed by atoms with Crippen molar-refractivity contribution in [1.82, 2.24) is 10.3 Å².